The molecule has 0 amide bonds. The van der Waals surface area contributed by atoms with Crippen molar-refractivity contribution in [3.63, 3.8) is 0 Å². The lowest BCUT2D eigenvalue weighted by Crippen LogP contribution is -2.24. The Hall–Kier alpha value is -1.66. The quantitative estimate of drug-likeness (QED) is 0.661. The summed E-state index contributed by atoms with van der Waals surface area (Å²) in [6, 6.07) is 4.69. The van der Waals surface area contributed by atoms with E-state index in [1.807, 2.05) is 13.8 Å². The van der Waals surface area contributed by atoms with Crippen LogP contribution in [0.15, 0.2) is 18.2 Å². The number of rotatable bonds is 5. The molecule has 1 aromatic carbocycles. The zero-order valence-corrected chi connectivity index (χ0v) is 11.8. The first-order chi connectivity index (χ1) is 9.41. The second-order valence-electron chi connectivity index (χ2n) is 5.61. The number of nitrogens with two attached hydrogens (primary N) is 1. The monoisotopic (exact) mass is 280 g/mol. The van der Waals surface area contributed by atoms with Gasteiger partial charge in [-0.3, -0.25) is 10.1 Å². The molecule has 0 aromatic heterocycles. The lowest BCUT2D eigenvalue weighted by Gasteiger charge is -2.19. The molecule has 2 rings (SSSR count). The highest BCUT2D eigenvalue weighted by Crippen LogP contribution is 2.32. The Morgan fingerprint density at radius 2 is 2.30 bits per heavy atom. The third-order valence-corrected chi connectivity index (χ3v) is 3.44. The third kappa shape index (κ3) is 3.46. The minimum absolute atomic E-state index is 0.0221. The number of nitro groups is 1. The van der Waals surface area contributed by atoms with E-state index in [0.29, 0.717) is 13.2 Å². The molecule has 1 atom stereocenters. The van der Waals surface area contributed by atoms with E-state index in [2.05, 4.69) is 0 Å². The normalized spacial score (nSPS) is 20.9. The number of nitrogens with zero attached hydrogens (tertiary/aromatic N) is 1. The first-order valence-electron chi connectivity index (χ1n) is 6.69. The average Bonchev–Trinajstić information content (AvgIpc) is 2.75. The van der Waals surface area contributed by atoms with Crippen LogP contribution in [0.25, 0.3) is 0 Å². The van der Waals surface area contributed by atoms with Gasteiger partial charge in [0.15, 0.2) is 5.75 Å². The fourth-order valence-corrected chi connectivity index (χ4v) is 2.33. The van der Waals surface area contributed by atoms with Gasteiger partial charge >= 0.3 is 5.69 Å². The minimum Gasteiger partial charge on any atom is -0.484 e. The second-order valence-corrected chi connectivity index (χ2v) is 5.61. The lowest BCUT2D eigenvalue weighted by molar-refractivity contribution is -0.385. The Bertz CT molecular complexity index is 502. The minimum atomic E-state index is -0.449. The largest absolute Gasteiger partial charge is 0.484 e. The molecule has 110 valence electrons. The van der Waals surface area contributed by atoms with Crippen molar-refractivity contribution in [2.45, 2.75) is 44.9 Å². The van der Waals surface area contributed by atoms with Gasteiger partial charge in [0.1, 0.15) is 6.61 Å². The molecule has 1 aliphatic rings. The van der Waals surface area contributed by atoms with Crippen molar-refractivity contribution < 1.29 is 14.4 Å². The molecule has 1 aliphatic heterocycles. The molecular weight excluding hydrogens is 260 g/mol. The summed E-state index contributed by atoms with van der Waals surface area (Å²) < 4.78 is 11.4. The van der Waals surface area contributed by atoms with E-state index in [4.69, 9.17) is 15.2 Å². The van der Waals surface area contributed by atoms with Crippen LogP contribution in [0.2, 0.25) is 0 Å². The number of ether oxygens (including phenoxy) is 2. The molecule has 1 saturated heterocycles. The second kappa shape index (κ2) is 5.76. The highest BCUT2D eigenvalue weighted by molar-refractivity contribution is 5.48. The Labute approximate surface area is 118 Å². The predicted molar refractivity (Wildman–Crippen MR) is 74.7 cm³/mol. The van der Waals surface area contributed by atoms with E-state index in [0.717, 1.165) is 18.4 Å². The van der Waals surface area contributed by atoms with Gasteiger partial charge in [0.25, 0.3) is 0 Å². The summed E-state index contributed by atoms with van der Waals surface area (Å²) in [5.74, 6) is 0.256. The number of hydrogen-bond donors (Lipinski definition) is 1. The summed E-state index contributed by atoms with van der Waals surface area (Å²) >= 11 is 0. The van der Waals surface area contributed by atoms with Gasteiger partial charge < -0.3 is 15.2 Å². The fourth-order valence-electron chi connectivity index (χ4n) is 2.33. The molecule has 1 heterocycles. The van der Waals surface area contributed by atoms with Crippen LogP contribution in [-0.2, 0) is 11.3 Å². The molecule has 20 heavy (non-hydrogen) atoms. The van der Waals surface area contributed by atoms with E-state index < -0.39 is 4.92 Å². The SMILES string of the molecule is CC1(C)CCC(COc2cc(CN)ccc2[N+](=O)[O-])O1. The Morgan fingerprint density at radius 1 is 1.55 bits per heavy atom. The van der Waals surface area contributed by atoms with Crippen LogP contribution < -0.4 is 10.5 Å². The third-order valence-electron chi connectivity index (χ3n) is 3.44. The Morgan fingerprint density at radius 3 is 2.85 bits per heavy atom. The maximum atomic E-state index is 11.0. The maximum absolute atomic E-state index is 11.0. The van der Waals surface area contributed by atoms with E-state index in [1.165, 1.54) is 6.07 Å². The molecule has 0 aliphatic carbocycles. The van der Waals surface area contributed by atoms with Crippen molar-refractivity contribution in [3.8, 4) is 5.75 Å². The Kier molecular flexibility index (Phi) is 4.25. The molecule has 1 unspecified atom stereocenters. The van der Waals surface area contributed by atoms with Crippen LogP contribution in [0.4, 0.5) is 5.69 Å². The smallest absolute Gasteiger partial charge is 0.310 e. The summed E-state index contributed by atoms with van der Waals surface area (Å²) in [4.78, 5) is 10.5. The van der Waals surface area contributed by atoms with E-state index in [-0.39, 0.29) is 23.1 Å². The first-order valence-corrected chi connectivity index (χ1v) is 6.69. The first kappa shape index (κ1) is 14.7. The Balaban J connectivity index is 2.06. The summed E-state index contributed by atoms with van der Waals surface area (Å²) in [5.41, 5.74) is 6.17. The van der Waals surface area contributed by atoms with Gasteiger partial charge in [-0.2, -0.15) is 0 Å². The van der Waals surface area contributed by atoms with Crippen molar-refractivity contribution >= 4 is 5.69 Å². The van der Waals surface area contributed by atoms with Crippen molar-refractivity contribution in [2.24, 2.45) is 5.73 Å². The van der Waals surface area contributed by atoms with Crippen LogP contribution in [0.5, 0.6) is 5.75 Å². The molecule has 6 nitrogen and oxygen atoms in total. The fraction of sp³-hybridized carbons (Fsp3) is 0.571. The van der Waals surface area contributed by atoms with Crippen molar-refractivity contribution in [3.05, 3.63) is 33.9 Å². The summed E-state index contributed by atoms with van der Waals surface area (Å²) in [5, 5.41) is 11.0. The van der Waals surface area contributed by atoms with E-state index in [9.17, 15) is 10.1 Å². The average molecular weight is 280 g/mol. The van der Waals surface area contributed by atoms with Gasteiger partial charge in [-0.05, 0) is 38.3 Å². The van der Waals surface area contributed by atoms with Gasteiger partial charge in [0.2, 0.25) is 0 Å². The zero-order chi connectivity index (χ0) is 14.8. The van der Waals surface area contributed by atoms with Gasteiger partial charge in [0, 0.05) is 12.6 Å². The van der Waals surface area contributed by atoms with Crippen LogP contribution in [0.3, 0.4) is 0 Å². The number of hydrogen-bond acceptors (Lipinski definition) is 5. The molecule has 1 aromatic rings. The van der Waals surface area contributed by atoms with Crippen LogP contribution in [0.1, 0.15) is 32.3 Å². The van der Waals surface area contributed by atoms with Crippen molar-refractivity contribution in [2.75, 3.05) is 6.61 Å². The molecule has 0 bridgehead atoms. The van der Waals surface area contributed by atoms with E-state index in [1.54, 1.807) is 12.1 Å². The van der Waals surface area contributed by atoms with E-state index >= 15 is 0 Å². The highest BCUT2D eigenvalue weighted by Gasteiger charge is 2.32. The highest BCUT2D eigenvalue weighted by atomic mass is 16.6. The van der Waals surface area contributed by atoms with Crippen molar-refractivity contribution in [1.82, 2.24) is 0 Å². The molecule has 0 radical (unpaired) electrons. The summed E-state index contributed by atoms with van der Waals surface area (Å²) in [6.07, 6.45) is 1.84. The van der Waals surface area contributed by atoms with Crippen LogP contribution in [-0.4, -0.2) is 23.2 Å². The molecule has 2 N–H and O–H groups in total. The molecular formula is C14H20N2O4. The topological polar surface area (TPSA) is 87.6 Å². The summed E-state index contributed by atoms with van der Waals surface area (Å²) in [6.45, 7) is 4.70. The van der Waals surface area contributed by atoms with Gasteiger partial charge in [-0.25, -0.2) is 0 Å². The maximum Gasteiger partial charge on any atom is 0.310 e. The van der Waals surface area contributed by atoms with Gasteiger partial charge in [0.05, 0.1) is 16.6 Å². The van der Waals surface area contributed by atoms with Gasteiger partial charge in [-0.15, -0.1) is 0 Å². The summed E-state index contributed by atoms with van der Waals surface area (Å²) in [7, 11) is 0. The van der Waals surface area contributed by atoms with Crippen LogP contribution in [0, 0.1) is 10.1 Å². The molecule has 1 fully saturated rings. The zero-order valence-electron chi connectivity index (χ0n) is 11.8. The van der Waals surface area contributed by atoms with Crippen molar-refractivity contribution in [1.29, 1.82) is 0 Å². The molecule has 0 saturated carbocycles. The number of benzene rings is 1. The van der Waals surface area contributed by atoms with Crippen LogP contribution >= 0.6 is 0 Å². The standard InChI is InChI=1S/C14H20N2O4/c1-14(2)6-5-11(20-14)9-19-13-7-10(8-15)3-4-12(13)16(17)18/h3-4,7,11H,5-6,8-9,15H2,1-2H3. The van der Waals surface area contributed by atoms with Gasteiger partial charge in [-0.1, -0.05) is 6.07 Å². The molecule has 6 heteroatoms. The molecule has 0 spiro atoms. The lowest BCUT2D eigenvalue weighted by atomic mass is 10.1. The predicted octanol–water partition coefficient (Wildman–Crippen LogP) is 2.39. The number of nitro benzene ring substituents is 1.